The summed E-state index contributed by atoms with van der Waals surface area (Å²) < 4.78 is 0. The number of fused-ring (bicyclic) bond motifs is 1. The Balaban J connectivity index is 1.90. The van der Waals surface area contributed by atoms with E-state index in [0.29, 0.717) is 34.0 Å². The molecule has 2 aromatic carbocycles. The summed E-state index contributed by atoms with van der Waals surface area (Å²) in [5, 5.41) is 3.32. The van der Waals surface area contributed by atoms with E-state index in [1.165, 1.54) is 0 Å². The number of imide groups is 1. The second-order valence-corrected chi connectivity index (χ2v) is 7.69. The van der Waals surface area contributed by atoms with E-state index in [1.807, 2.05) is 13.2 Å². The summed E-state index contributed by atoms with van der Waals surface area (Å²) >= 11 is 7.58. The minimum absolute atomic E-state index is 0.336. The van der Waals surface area contributed by atoms with Gasteiger partial charge in [0.25, 0.3) is 11.8 Å². The number of nitrogens with one attached hydrogen (secondary N) is 1. The molecule has 0 spiro atoms. The van der Waals surface area contributed by atoms with Gasteiger partial charge in [-0.1, -0.05) is 29.8 Å². The Morgan fingerprint density at radius 2 is 1.78 bits per heavy atom. The lowest BCUT2D eigenvalue weighted by Crippen LogP contribution is -2.47. The molecule has 1 N–H and O–H groups in total. The quantitative estimate of drug-likeness (QED) is 0.741. The smallest absolute Gasteiger partial charge is 0.262 e. The van der Waals surface area contributed by atoms with Gasteiger partial charge in [0.2, 0.25) is 5.91 Å². The van der Waals surface area contributed by atoms with Crippen molar-refractivity contribution in [3.05, 3.63) is 64.2 Å². The number of halogens is 1. The summed E-state index contributed by atoms with van der Waals surface area (Å²) in [7, 11) is 0. The van der Waals surface area contributed by atoms with E-state index in [2.05, 4.69) is 5.32 Å². The van der Waals surface area contributed by atoms with Crippen molar-refractivity contribution in [2.75, 3.05) is 17.3 Å². The van der Waals surface area contributed by atoms with Crippen LogP contribution in [0.1, 0.15) is 32.7 Å². The highest BCUT2D eigenvalue weighted by Crippen LogP contribution is 2.27. The summed E-state index contributed by atoms with van der Waals surface area (Å²) in [6.45, 7) is 1.85. The summed E-state index contributed by atoms with van der Waals surface area (Å²) in [6.07, 6.45) is 2.29. The summed E-state index contributed by atoms with van der Waals surface area (Å²) in [5.41, 5.74) is 2.09. The van der Waals surface area contributed by atoms with E-state index in [0.717, 1.165) is 10.5 Å². The molecule has 0 saturated heterocycles. The molecular weight excluding hydrogens is 384 g/mol. The van der Waals surface area contributed by atoms with Crippen molar-refractivity contribution in [1.29, 1.82) is 0 Å². The second-order valence-electron chi connectivity index (χ2n) is 6.27. The highest BCUT2D eigenvalue weighted by Gasteiger charge is 2.42. The van der Waals surface area contributed by atoms with Crippen molar-refractivity contribution in [2.24, 2.45) is 0 Å². The molecule has 0 fully saturated rings. The van der Waals surface area contributed by atoms with Crippen LogP contribution in [0.4, 0.5) is 5.69 Å². The molecule has 1 aliphatic rings. The number of benzene rings is 2. The van der Waals surface area contributed by atoms with Gasteiger partial charge in [-0.2, -0.15) is 11.8 Å². The lowest BCUT2D eigenvalue weighted by Gasteiger charge is -2.25. The van der Waals surface area contributed by atoms with E-state index in [4.69, 9.17) is 11.6 Å². The maximum atomic E-state index is 13.0. The number of thioether (sulfide) groups is 1. The number of anilines is 1. The van der Waals surface area contributed by atoms with Gasteiger partial charge in [0.15, 0.2) is 0 Å². The molecule has 1 heterocycles. The Kier molecular flexibility index (Phi) is 5.87. The van der Waals surface area contributed by atoms with Crippen molar-refractivity contribution < 1.29 is 14.4 Å². The molecule has 27 heavy (non-hydrogen) atoms. The Labute approximate surface area is 167 Å². The van der Waals surface area contributed by atoms with Gasteiger partial charge in [-0.05, 0) is 55.2 Å². The van der Waals surface area contributed by atoms with Crippen molar-refractivity contribution in [2.45, 2.75) is 19.4 Å². The predicted octanol–water partition coefficient (Wildman–Crippen LogP) is 4.00. The highest BCUT2D eigenvalue weighted by molar-refractivity contribution is 7.98. The summed E-state index contributed by atoms with van der Waals surface area (Å²) in [5.74, 6) is -0.622. The number of rotatable bonds is 6. The number of aryl methyl sites for hydroxylation is 1. The molecule has 7 heteroatoms. The topological polar surface area (TPSA) is 66.5 Å². The fourth-order valence-electron chi connectivity index (χ4n) is 3.04. The molecule has 3 rings (SSSR count). The number of amides is 3. The van der Waals surface area contributed by atoms with Gasteiger partial charge in [-0.15, -0.1) is 0 Å². The molecule has 0 unspecified atom stereocenters. The van der Waals surface area contributed by atoms with Gasteiger partial charge in [0, 0.05) is 10.7 Å². The molecule has 0 saturated carbocycles. The van der Waals surface area contributed by atoms with Crippen molar-refractivity contribution in [3.63, 3.8) is 0 Å². The molecule has 0 bridgehead atoms. The molecule has 1 atom stereocenters. The number of carbonyl (C=O) groups excluding carboxylic acids is 3. The molecule has 2 aromatic rings. The van der Waals surface area contributed by atoms with Gasteiger partial charge in [0.05, 0.1) is 11.1 Å². The lowest BCUT2D eigenvalue weighted by atomic mass is 10.1. The van der Waals surface area contributed by atoms with Crippen LogP contribution in [0.3, 0.4) is 0 Å². The summed E-state index contributed by atoms with van der Waals surface area (Å²) in [4.78, 5) is 39.7. The highest BCUT2D eigenvalue weighted by atomic mass is 35.5. The SMILES string of the molecule is CSCC[C@@H](C(=O)Nc1cc(Cl)ccc1C)N1C(=O)c2ccccc2C1=O. The van der Waals surface area contributed by atoms with Crippen LogP contribution in [0.5, 0.6) is 0 Å². The molecule has 1 aliphatic heterocycles. The van der Waals surface area contributed by atoms with Crippen LogP contribution in [0.2, 0.25) is 5.02 Å². The van der Waals surface area contributed by atoms with Crippen LogP contribution in [-0.2, 0) is 4.79 Å². The van der Waals surface area contributed by atoms with E-state index >= 15 is 0 Å². The second kappa shape index (κ2) is 8.15. The number of carbonyl (C=O) groups is 3. The first-order chi connectivity index (χ1) is 12.9. The van der Waals surface area contributed by atoms with Crippen molar-refractivity contribution in [1.82, 2.24) is 4.90 Å². The third kappa shape index (κ3) is 3.87. The van der Waals surface area contributed by atoms with E-state index < -0.39 is 23.8 Å². The van der Waals surface area contributed by atoms with E-state index in [1.54, 1.807) is 54.2 Å². The molecule has 140 valence electrons. The van der Waals surface area contributed by atoms with Crippen LogP contribution in [0, 0.1) is 6.92 Å². The van der Waals surface area contributed by atoms with Crippen LogP contribution in [0.25, 0.3) is 0 Å². The molecule has 3 amide bonds. The molecule has 0 radical (unpaired) electrons. The van der Waals surface area contributed by atoms with Gasteiger partial charge in [0.1, 0.15) is 6.04 Å². The fourth-order valence-corrected chi connectivity index (χ4v) is 3.67. The average Bonchev–Trinajstić information content (AvgIpc) is 2.90. The Hall–Kier alpha value is -2.31. The van der Waals surface area contributed by atoms with Crippen molar-refractivity contribution in [3.8, 4) is 0 Å². The maximum Gasteiger partial charge on any atom is 0.262 e. The number of hydrogen-bond donors (Lipinski definition) is 1. The lowest BCUT2D eigenvalue weighted by molar-refractivity contribution is -0.120. The van der Waals surface area contributed by atoms with Crippen LogP contribution < -0.4 is 5.32 Å². The fraction of sp³-hybridized carbons (Fsp3) is 0.250. The Morgan fingerprint density at radius 1 is 1.15 bits per heavy atom. The minimum atomic E-state index is -0.886. The maximum absolute atomic E-state index is 13.0. The molecular formula is C20H19ClN2O3S. The largest absolute Gasteiger partial charge is 0.324 e. The standard InChI is InChI=1S/C20H19ClN2O3S/c1-12-7-8-13(21)11-16(12)22-18(24)17(9-10-27-2)23-19(25)14-5-3-4-6-15(14)20(23)26/h3-8,11,17H,9-10H2,1-2H3,(H,22,24)/t17-/m0/s1. The summed E-state index contributed by atoms with van der Waals surface area (Å²) in [6, 6.07) is 10.9. The first-order valence-corrected chi connectivity index (χ1v) is 10.2. The Bertz CT molecular complexity index is 881. The monoisotopic (exact) mass is 402 g/mol. The zero-order valence-electron chi connectivity index (χ0n) is 15.0. The van der Waals surface area contributed by atoms with Crippen LogP contribution in [-0.4, -0.2) is 40.7 Å². The molecule has 0 aromatic heterocycles. The first-order valence-electron chi connectivity index (χ1n) is 8.47. The minimum Gasteiger partial charge on any atom is -0.324 e. The van der Waals surface area contributed by atoms with Gasteiger partial charge in [-0.3, -0.25) is 19.3 Å². The third-order valence-electron chi connectivity index (χ3n) is 4.49. The normalized spacial score (nSPS) is 14.3. The Morgan fingerprint density at radius 3 is 2.37 bits per heavy atom. The third-order valence-corrected chi connectivity index (χ3v) is 5.37. The first kappa shape index (κ1) is 19.5. The zero-order chi connectivity index (χ0) is 19.6. The van der Waals surface area contributed by atoms with E-state index in [9.17, 15) is 14.4 Å². The van der Waals surface area contributed by atoms with Crippen LogP contribution in [0.15, 0.2) is 42.5 Å². The van der Waals surface area contributed by atoms with Gasteiger partial charge < -0.3 is 5.32 Å². The van der Waals surface area contributed by atoms with Gasteiger partial charge >= 0.3 is 0 Å². The zero-order valence-corrected chi connectivity index (χ0v) is 16.6. The van der Waals surface area contributed by atoms with Crippen molar-refractivity contribution >= 4 is 46.8 Å². The van der Waals surface area contributed by atoms with E-state index in [-0.39, 0.29) is 0 Å². The number of nitrogens with zero attached hydrogens (tertiary/aromatic N) is 1. The van der Waals surface area contributed by atoms with Crippen LogP contribution >= 0.6 is 23.4 Å². The average molecular weight is 403 g/mol. The molecule has 5 nitrogen and oxygen atoms in total. The molecule has 0 aliphatic carbocycles. The van der Waals surface area contributed by atoms with Gasteiger partial charge in [-0.25, -0.2) is 0 Å². The number of hydrogen-bond acceptors (Lipinski definition) is 4. The predicted molar refractivity (Wildman–Crippen MR) is 109 cm³/mol.